The second kappa shape index (κ2) is 3.67. The molecule has 3 rings (SSSR count). The highest BCUT2D eigenvalue weighted by Crippen LogP contribution is 2.36. The minimum absolute atomic E-state index is 0.563. The molecule has 2 heterocycles. The minimum Gasteiger partial charge on any atom is -0.370 e. The number of ether oxygens (including phenoxy) is 2. The highest BCUT2D eigenvalue weighted by Gasteiger charge is 2.42. The molecule has 0 aromatic heterocycles. The van der Waals surface area contributed by atoms with E-state index in [-0.39, 0.29) is 0 Å². The predicted octanol–water partition coefficient (Wildman–Crippen LogP) is 2.43. The van der Waals surface area contributed by atoms with E-state index >= 15 is 0 Å². The van der Waals surface area contributed by atoms with Gasteiger partial charge in [0.1, 0.15) is 0 Å². The first kappa shape index (κ1) is 8.93. The van der Waals surface area contributed by atoms with Gasteiger partial charge in [-0.3, -0.25) is 0 Å². The van der Waals surface area contributed by atoms with Crippen molar-refractivity contribution >= 4 is 0 Å². The average Bonchev–Trinajstić information content (AvgIpc) is 3.02. The summed E-state index contributed by atoms with van der Waals surface area (Å²) in [6, 6.07) is 0. The van der Waals surface area contributed by atoms with Crippen LogP contribution in [0.3, 0.4) is 0 Å². The fraction of sp³-hybridized carbons (Fsp3) is 0.833. The Balaban J connectivity index is 1.54. The molecule has 0 aromatic carbocycles. The molecule has 0 spiro atoms. The molecule has 4 atom stereocenters. The molecule has 3 aliphatic rings. The van der Waals surface area contributed by atoms with Gasteiger partial charge >= 0.3 is 0 Å². The zero-order chi connectivity index (χ0) is 9.38. The molecule has 2 fully saturated rings. The van der Waals surface area contributed by atoms with Crippen LogP contribution in [0.4, 0.5) is 0 Å². The number of fused-ring (bicyclic) bond motifs is 2. The van der Waals surface area contributed by atoms with Crippen molar-refractivity contribution in [2.24, 2.45) is 0 Å². The van der Waals surface area contributed by atoms with Gasteiger partial charge in [-0.1, -0.05) is 12.2 Å². The zero-order valence-corrected chi connectivity index (χ0v) is 8.52. The fourth-order valence-electron chi connectivity index (χ4n) is 2.46. The van der Waals surface area contributed by atoms with Crippen molar-refractivity contribution in [2.75, 3.05) is 0 Å². The van der Waals surface area contributed by atoms with Crippen molar-refractivity contribution in [3.05, 3.63) is 12.2 Å². The van der Waals surface area contributed by atoms with E-state index in [1.54, 1.807) is 0 Å². The van der Waals surface area contributed by atoms with Gasteiger partial charge in [-0.05, 0) is 38.5 Å². The summed E-state index contributed by atoms with van der Waals surface area (Å²) in [7, 11) is 0. The van der Waals surface area contributed by atoms with E-state index in [9.17, 15) is 0 Å². The van der Waals surface area contributed by atoms with E-state index in [2.05, 4.69) is 12.2 Å². The van der Waals surface area contributed by atoms with Crippen LogP contribution in [-0.2, 0) is 9.47 Å². The second-order valence-corrected chi connectivity index (χ2v) is 4.63. The Kier molecular flexibility index (Phi) is 2.34. The summed E-state index contributed by atoms with van der Waals surface area (Å²) in [5.74, 6) is 0. The minimum atomic E-state index is 0.563. The Morgan fingerprint density at radius 2 is 1.07 bits per heavy atom. The number of hydrogen-bond acceptors (Lipinski definition) is 2. The van der Waals surface area contributed by atoms with Crippen molar-refractivity contribution in [3.8, 4) is 0 Å². The number of epoxide rings is 2. The molecule has 0 aromatic rings. The fourth-order valence-corrected chi connectivity index (χ4v) is 2.46. The van der Waals surface area contributed by atoms with Crippen molar-refractivity contribution in [1.82, 2.24) is 0 Å². The van der Waals surface area contributed by atoms with Crippen LogP contribution in [0, 0.1) is 0 Å². The van der Waals surface area contributed by atoms with Gasteiger partial charge in [0.05, 0.1) is 24.4 Å². The van der Waals surface area contributed by atoms with E-state index in [1.165, 1.54) is 38.5 Å². The van der Waals surface area contributed by atoms with E-state index in [1.807, 2.05) is 0 Å². The first-order valence-electron chi connectivity index (χ1n) is 5.89. The van der Waals surface area contributed by atoms with Gasteiger partial charge < -0.3 is 9.47 Å². The predicted molar refractivity (Wildman–Crippen MR) is 54.2 cm³/mol. The molecular weight excluding hydrogens is 176 g/mol. The molecule has 0 radical (unpaired) electrons. The van der Waals surface area contributed by atoms with Crippen LogP contribution in [0.25, 0.3) is 0 Å². The molecule has 2 aliphatic heterocycles. The molecular formula is C12H18O2. The molecule has 2 nitrogen and oxygen atoms in total. The number of allylic oxidation sites excluding steroid dienone is 2. The molecule has 78 valence electrons. The van der Waals surface area contributed by atoms with E-state index in [0.29, 0.717) is 24.4 Å². The van der Waals surface area contributed by atoms with Gasteiger partial charge in [-0.2, -0.15) is 0 Å². The van der Waals surface area contributed by atoms with Crippen LogP contribution in [0.15, 0.2) is 12.2 Å². The molecule has 2 saturated heterocycles. The lowest BCUT2D eigenvalue weighted by Gasteiger charge is -1.95. The normalized spacial score (nSPS) is 49.1. The van der Waals surface area contributed by atoms with Gasteiger partial charge in [0, 0.05) is 0 Å². The van der Waals surface area contributed by atoms with Gasteiger partial charge in [-0.15, -0.1) is 0 Å². The Hall–Kier alpha value is -0.340. The highest BCUT2D eigenvalue weighted by molar-refractivity contribution is 4.95. The first-order valence-corrected chi connectivity index (χ1v) is 5.89. The quantitative estimate of drug-likeness (QED) is 0.437. The first-order chi connectivity index (χ1) is 6.93. The lowest BCUT2D eigenvalue weighted by molar-refractivity contribution is 0.329. The number of rotatable bonds is 0. The summed E-state index contributed by atoms with van der Waals surface area (Å²) in [5, 5.41) is 0. The van der Waals surface area contributed by atoms with Crippen LogP contribution in [-0.4, -0.2) is 24.4 Å². The molecule has 4 unspecified atom stereocenters. The lowest BCUT2D eigenvalue weighted by Crippen LogP contribution is -2.00. The maximum atomic E-state index is 5.61. The topological polar surface area (TPSA) is 25.1 Å². The van der Waals surface area contributed by atoms with Crippen molar-refractivity contribution < 1.29 is 9.47 Å². The van der Waals surface area contributed by atoms with E-state index in [0.717, 1.165) is 0 Å². The zero-order valence-electron chi connectivity index (χ0n) is 8.52. The Bertz CT molecular complexity index is 212. The molecule has 2 heteroatoms. The van der Waals surface area contributed by atoms with Crippen LogP contribution >= 0.6 is 0 Å². The standard InChI is InChI=1S/C12H18O2/c1-2-4-6-10-12(14-10)8-7-11-9(13-11)5-3-1/h1-2,9-12H,3-8H2/b2-1+. The summed E-state index contributed by atoms with van der Waals surface area (Å²) in [4.78, 5) is 0. The van der Waals surface area contributed by atoms with Crippen LogP contribution in [0.5, 0.6) is 0 Å². The summed E-state index contributed by atoms with van der Waals surface area (Å²) in [6.45, 7) is 0. The Morgan fingerprint density at radius 1 is 0.643 bits per heavy atom. The molecule has 0 bridgehead atoms. The summed E-state index contributed by atoms with van der Waals surface area (Å²) < 4.78 is 11.2. The van der Waals surface area contributed by atoms with E-state index < -0.39 is 0 Å². The second-order valence-electron chi connectivity index (χ2n) is 4.63. The van der Waals surface area contributed by atoms with Gasteiger partial charge in [-0.25, -0.2) is 0 Å². The summed E-state index contributed by atoms with van der Waals surface area (Å²) in [6.07, 6.45) is 14.1. The van der Waals surface area contributed by atoms with Gasteiger partial charge in [0.2, 0.25) is 0 Å². The van der Waals surface area contributed by atoms with Crippen LogP contribution in [0.2, 0.25) is 0 Å². The SMILES string of the molecule is C1=C/CCC2OC2CCC2OC2CC/1. The van der Waals surface area contributed by atoms with Crippen LogP contribution < -0.4 is 0 Å². The molecule has 0 saturated carbocycles. The summed E-state index contributed by atoms with van der Waals surface area (Å²) in [5.41, 5.74) is 0. The molecule has 14 heavy (non-hydrogen) atoms. The van der Waals surface area contributed by atoms with Crippen molar-refractivity contribution in [3.63, 3.8) is 0 Å². The number of hydrogen-bond donors (Lipinski definition) is 0. The smallest absolute Gasteiger partial charge is 0.0844 e. The summed E-state index contributed by atoms with van der Waals surface area (Å²) >= 11 is 0. The van der Waals surface area contributed by atoms with Crippen molar-refractivity contribution in [1.29, 1.82) is 0 Å². The van der Waals surface area contributed by atoms with Gasteiger partial charge in [0.15, 0.2) is 0 Å². The van der Waals surface area contributed by atoms with Crippen molar-refractivity contribution in [2.45, 2.75) is 62.9 Å². The average molecular weight is 194 g/mol. The highest BCUT2D eigenvalue weighted by atomic mass is 16.6. The van der Waals surface area contributed by atoms with Crippen LogP contribution in [0.1, 0.15) is 38.5 Å². The lowest BCUT2D eigenvalue weighted by atomic mass is 10.0. The molecule has 0 N–H and O–H groups in total. The Labute approximate surface area is 85.3 Å². The molecule has 1 aliphatic carbocycles. The third kappa shape index (κ3) is 2.01. The van der Waals surface area contributed by atoms with Gasteiger partial charge in [0.25, 0.3) is 0 Å². The maximum absolute atomic E-state index is 5.61. The Morgan fingerprint density at radius 3 is 1.57 bits per heavy atom. The molecule has 0 amide bonds. The largest absolute Gasteiger partial charge is 0.370 e. The van der Waals surface area contributed by atoms with E-state index in [4.69, 9.17) is 9.47 Å². The maximum Gasteiger partial charge on any atom is 0.0844 e. The monoisotopic (exact) mass is 194 g/mol. The third-order valence-corrected chi connectivity index (χ3v) is 3.51. The third-order valence-electron chi connectivity index (χ3n) is 3.51.